The van der Waals surface area contributed by atoms with Crippen LogP contribution in [0.4, 0.5) is 5.82 Å². The molecule has 3 rings (SSSR count). The van der Waals surface area contributed by atoms with Crippen molar-refractivity contribution in [1.29, 1.82) is 0 Å². The van der Waals surface area contributed by atoms with Crippen LogP contribution in [-0.4, -0.2) is 11.0 Å². The van der Waals surface area contributed by atoms with Crippen molar-refractivity contribution in [2.45, 2.75) is 31.7 Å². The van der Waals surface area contributed by atoms with Crippen molar-refractivity contribution in [1.82, 2.24) is 4.98 Å². The fourth-order valence-electron chi connectivity index (χ4n) is 2.54. The van der Waals surface area contributed by atoms with Gasteiger partial charge in [-0.15, -0.1) is 0 Å². The lowest BCUT2D eigenvalue weighted by molar-refractivity contribution is 0.752. The number of nitrogens with one attached hydrogen (secondary N) is 1. The second-order valence-electron chi connectivity index (χ2n) is 4.64. The summed E-state index contributed by atoms with van der Waals surface area (Å²) >= 11 is 6.06. The summed E-state index contributed by atoms with van der Waals surface area (Å²) < 4.78 is 0. The van der Waals surface area contributed by atoms with Crippen molar-refractivity contribution in [3.63, 3.8) is 0 Å². The molecule has 88 valence electrons. The number of halogens is 1. The number of fused-ring (bicyclic) bond motifs is 1. The van der Waals surface area contributed by atoms with Gasteiger partial charge in [-0.2, -0.15) is 0 Å². The van der Waals surface area contributed by atoms with E-state index in [1.807, 2.05) is 18.2 Å². The lowest BCUT2D eigenvalue weighted by Crippen LogP contribution is -2.15. The molecule has 1 aromatic carbocycles. The fraction of sp³-hybridized carbons (Fsp3) is 0.357. The highest BCUT2D eigenvalue weighted by atomic mass is 35.5. The zero-order valence-electron chi connectivity index (χ0n) is 9.62. The molecule has 0 radical (unpaired) electrons. The summed E-state index contributed by atoms with van der Waals surface area (Å²) in [7, 11) is 0. The highest BCUT2D eigenvalue weighted by Crippen LogP contribution is 2.28. The lowest BCUT2D eigenvalue weighted by Gasteiger charge is -2.14. The number of hydrogen-bond donors (Lipinski definition) is 1. The Morgan fingerprint density at radius 1 is 1.18 bits per heavy atom. The SMILES string of the molecule is Clc1cc2ccccc2c(NC2CCCC2)n1. The summed E-state index contributed by atoms with van der Waals surface area (Å²) in [5.74, 6) is 0.931. The maximum atomic E-state index is 6.06. The third-order valence-corrected chi connectivity index (χ3v) is 3.60. The molecule has 0 unspecified atom stereocenters. The molecule has 2 aromatic rings. The third kappa shape index (κ3) is 2.22. The van der Waals surface area contributed by atoms with Gasteiger partial charge < -0.3 is 5.32 Å². The van der Waals surface area contributed by atoms with Crippen molar-refractivity contribution in [2.75, 3.05) is 5.32 Å². The standard InChI is InChI=1S/C14H15ClN2/c15-13-9-10-5-1-4-8-12(10)14(17-13)16-11-6-2-3-7-11/h1,4-5,8-9,11H,2-3,6-7H2,(H,16,17). The summed E-state index contributed by atoms with van der Waals surface area (Å²) in [6.07, 6.45) is 5.11. The van der Waals surface area contributed by atoms with Crippen LogP contribution < -0.4 is 5.32 Å². The molecule has 17 heavy (non-hydrogen) atoms. The molecule has 2 nitrogen and oxygen atoms in total. The van der Waals surface area contributed by atoms with Gasteiger partial charge in [0, 0.05) is 11.4 Å². The van der Waals surface area contributed by atoms with Gasteiger partial charge in [-0.05, 0) is 24.3 Å². The first-order chi connectivity index (χ1) is 8.33. The van der Waals surface area contributed by atoms with Crippen LogP contribution in [0.3, 0.4) is 0 Å². The van der Waals surface area contributed by atoms with E-state index in [0.717, 1.165) is 16.6 Å². The summed E-state index contributed by atoms with van der Waals surface area (Å²) in [6.45, 7) is 0. The zero-order valence-corrected chi connectivity index (χ0v) is 10.4. The molecule has 1 aromatic heterocycles. The van der Waals surface area contributed by atoms with Crippen LogP contribution >= 0.6 is 11.6 Å². The monoisotopic (exact) mass is 246 g/mol. The van der Waals surface area contributed by atoms with E-state index in [0.29, 0.717) is 11.2 Å². The van der Waals surface area contributed by atoms with E-state index >= 15 is 0 Å². The minimum Gasteiger partial charge on any atom is -0.367 e. The van der Waals surface area contributed by atoms with Crippen molar-refractivity contribution in [3.8, 4) is 0 Å². The number of aromatic nitrogens is 1. The Morgan fingerprint density at radius 2 is 1.94 bits per heavy atom. The van der Waals surface area contributed by atoms with Crippen LogP contribution in [0.25, 0.3) is 10.8 Å². The third-order valence-electron chi connectivity index (χ3n) is 3.41. The molecule has 0 atom stereocenters. The van der Waals surface area contributed by atoms with E-state index in [2.05, 4.69) is 22.4 Å². The number of nitrogens with zero attached hydrogens (tertiary/aromatic N) is 1. The Balaban J connectivity index is 2.01. The number of benzene rings is 1. The van der Waals surface area contributed by atoms with Crippen LogP contribution in [0, 0.1) is 0 Å². The van der Waals surface area contributed by atoms with Crippen LogP contribution in [0.15, 0.2) is 30.3 Å². The number of pyridine rings is 1. The Labute approximate surface area is 106 Å². The Hall–Kier alpha value is -1.28. The van der Waals surface area contributed by atoms with Gasteiger partial charge in [0.25, 0.3) is 0 Å². The topological polar surface area (TPSA) is 24.9 Å². The zero-order chi connectivity index (χ0) is 11.7. The minimum atomic E-state index is 0.559. The summed E-state index contributed by atoms with van der Waals surface area (Å²) in [4.78, 5) is 4.42. The molecule has 1 aliphatic rings. The molecule has 0 spiro atoms. The van der Waals surface area contributed by atoms with Crippen LogP contribution in [0.5, 0.6) is 0 Å². The molecule has 1 saturated carbocycles. The average Bonchev–Trinajstić information content (AvgIpc) is 2.81. The molecule has 0 amide bonds. The van der Waals surface area contributed by atoms with Gasteiger partial charge in [0.2, 0.25) is 0 Å². The summed E-state index contributed by atoms with van der Waals surface area (Å²) in [5, 5.41) is 6.39. The first kappa shape index (κ1) is 10.8. The Kier molecular flexibility index (Phi) is 2.89. The molecule has 3 heteroatoms. The number of anilines is 1. The van der Waals surface area contributed by atoms with E-state index in [9.17, 15) is 0 Å². The van der Waals surface area contributed by atoms with Crippen LogP contribution in [-0.2, 0) is 0 Å². The van der Waals surface area contributed by atoms with Gasteiger partial charge in [0.15, 0.2) is 0 Å². The largest absolute Gasteiger partial charge is 0.367 e. The van der Waals surface area contributed by atoms with Gasteiger partial charge in [0.05, 0.1) is 0 Å². The van der Waals surface area contributed by atoms with E-state index in [1.165, 1.54) is 25.7 Å². The molecular formula is C14H15ClN2. The maximum Gasteiger partial charge on any atom is 0.135 e. The molecule has 1 heterocycles. The van der Waals surface area contributed by atoms with Gasteiger partial charge >= 0.3 is 0 Å². The van der Waals surface area contributed by atoms with Gasteiger partial charge in [-0.1, -0.05) is 48.7 Å². The number of hydrogen-bond acceptors (Lipinski definition) is 2. The van der Waals surface area contributed by atoms with Gasteiger partial charge in [-0.25, -0.2) is 4.98 Å². The molecule has 0 aliphatic heterocycles. The molecule has 0 saturated heterocycles. The predicted molar refractivity (Wildman–Crippen MR) is 72.6 cm³/mol. The predicted octanol–water partition coefficient (Wildman–Crippen LogP) is 4.24. The first-order valence-electron chi connectivity index (χ1n) is 6.15. The first-order valence-corrected chi connectivity index (χ1v) is 6.52. The smallest absolute Gasteiger partial charge is 0.135 e. The van der Waals surface area contributed by atoms with Gasteiger partial charge in [-0.3, -0.25) is 0 Å². The average molecular weight is 247 g/mol. The molecular weight excluding hydrogens is 232 g/mol. The quantitative estimate of drug-likeness (QED) is 0.802. The van der Waals surface area contributed by atoms with Crippen molar-refractivity contribution < 1.29 is 0 Å². The second-order valence-corrected chi connectivity index (χ2v) is 5.03. The van der Waals surface area contributed by atoms with E-state index in [4.69, 9.17) is 11.6 Å². The lowest BCUT2D eigenvalue weighted by atomic mass is 10.1. The molecule has 1 N–H and O–H groups in total. The van der Waals surface area contributed by atoms with Crippen LogP contribution in [0.2, 0.25) is 5.15 Å². The van der Waals surface area contributed by atoms with Gasteiger partial charge in [0.1, 0.15) is 11.0 Å². The van der Waals surface area contributed by atoms with Crippen molar-refractivity contribution >= 4 is 28.2 Å². The maximum absolute atomic E-state index is 6.06. The van der Waals surface area contributed by atoms with Crippen molar-refractivity contribution in [3.05, 3.63) is 35.5 Å². The second kappa shape index (κ2) is 4.53. The van der Waals surface area contributed by atoms with Crippen molar-refractivity contribution in [2.24, 2.45) is 0 Å². The Bertz CT molecular complexity index is 533. The number of rotatable bonds is 2. The summed E-state index contributed by atoms with van der Waals surface area (Å²) in [5.41, 5.74) is 0. The molecule has 1 fully saturated rings. The normalized spacial score (nSPS) is 16.5. The van der Waals surface area contributed by atoms with Crippen LogP contribution in [0.1, 0.15) is 25.7 Å². The van der Waals surface area contributed by atoms with E-state index in [1.54, 1.807) is 0 Å². The Morgan fingerprint density at radius 3 is 2.76 bits per heavy atom. The van der Waals surface area contributed by atoms with E-state index < -0.39 is 0 Å². The minimum absolute atomic E-state index is 0.559. The fourth-order valence-corrected chi connectivity index (χ4v) is 2.74. The highest BCUT2D eigenvalue weighted by Gasteiger charge is 2.16. The highest BCUT2D eigenvalue weighted by molar-refractivity contribution is 6.30. The molecule has 0 bridgehead atoms. The molecule has 1 aliphatic carbocycles. The summed E-state index contributed by atoms with van der Waals surface area (Å²) in [6, 6.07) is 10.7. The van der Waals surface area contributed by atoms with E-state index in [-0.39, 0.29) is 0 Å².